The van der Waals surface area contributed by atoms with Crippen LogP contribution >= 0.6 is 11.6 Å². The quantitative estimate of drug-likeness (QED) is 0.864. The van der Waals surface area contributed by atoms with Crippen molar-refractivity contribution in [2.24, 2.45) is 0 Å². The second-order valence-electron chi connectivity index (χ2n) is 4.71. The van der Waals surface area contributed by atoms with Crippen LogP contribution in [-0.2, 0) is 4.74 Å². The molecule has 0 saturated heterocycles. The zero-order valence-corrected chi connectivity index (χ0v) is 11.9. The van der Waals surface area contributed by atoms with Gasteiger partial charge in [-0.3, -0.25) is 4.79 Å². The van der Waals surface area contributed by atoms with E-state index in [2.05, 4.69) is 10.6 Å². The topological polar surface area (TPSA) is 50.4 Å². The maximum atomic E-state index is 12.2. The summed E-state index contributed by atoms with van der Waals surface area (Å²) in [6.07, 6.45) is 0. The molecular weight excluding hydrogens is 252 g/mol. The predicted molar refractivity (Wildman–Crippen MR) is 74.4 cm³/mol. The largest absolute Gasteiger partial charge is 0.387 e. The average molecular weight is 271 g/mol. The minimum Gasteiger partial charge on any atom is -0.387 e. The first-order chi connectivity index (χ1) is 8.39. The number of benzene rings is 1. The summed E-state index contributed by atoms with van der Waals surface area (Å²) in [5.41, 5.74) is 0.832. The third-order valence-electron chi connectivity index (χ3n) is 2.45. The van der Waals surface area contributed by atoms with Gasteiger partial charge in [0.2, 0.25) is 0 Å². The first-order valence-electron chi connectivity index (χ1n) is 5.68. The zero-order valence-electron chi connectivity index (χ0n) is 11.1. The van der Waals surface area contributed by atoms with Crippen LogP contribution < -0.4 is 10.6 Å². The Bertz CT molecular complexity index is 433. The summed E-state index contributed by atoms with van der Waals surface area (Å²) in [5, 5.41) is 6.41. The summed E-state index contributed by atoms with van der Waals surface area (Å²) >= 11 is 5.92. The molecule has 0 aliphatic rings. The standard InChI is InChI=1S/C13H19ClN2O2/c1-13(2,8-18-4)16-12(17)10-7-9(14)5-6-11(10)15-3/h5-7,15H,8H2,1-4H3,(H,16,17). The fraction of sp³-hybridized carbons (Fsp3) is 0.462. The minimum atomic E-state index is -0.431. The molecule has 0 spiro atoms. The highest BCUT2D eigenvalue weighted by atomic mass is 35.5. The lowest BCUT2D eigenvalue weighted by atomic mass is 10.1. The number of anilines is 1. The Hall–Kier alpha value is -1.26. The number of methoxy groups -OCH3 is 1. The Morgan fingerprint density at radius 1 is 1.44 bits per heavy atom. The molecule has 1 aromatic rings. The van der Waals surface area contributed by atoms with E-state index in [1.807, 2.05) is 13.8 Å². The van der Waals surface area contributed by atoms with Gasteiger partial charge in [-0.25, -0.2) is 0 Å². The van der Waals surface area contributed by atoms with Crippen LogP contribution in [0.2, 0.25) is 5.02 Å². The number of rotatable bonds is 5. The van der Waals surface area contributed by atoms with Crippen molar-refractivity contribution in [1.29, 1.82) is 0 Å². The number of ether oxygens (including phenoxy) is 1. The van der Waals surface area contributed by atoms with Crippen molar-refractivity contribution in [2.75, 3.05) is 26.1 Å². The summed E-state index contributed by atoms with van der Waals surface area (Å²) in [6, 6.07) is 5.16. The van der Waals surface area contributed by atoms with E-state index in [4.69, 9.17) is 16.3 Å². The maximum Gasteiger partial charge on any atom is 0.253 e. The van der Waals surface area contributed by atoms with Crippen LogP contribution in [0.5, 0.6) is 0 Å². The third-order valence-corrected chi connectivity index (χ3v) is 2.69. The first-order valence-corrected chi connectivity index (χ1v) is 6.06. The van der Waals surface area contributed by atoms with Gasteiger partial charge in [-0.05, 0) is 32.0 Å². The highest BCUT2D eigenvalue weighted by molar-refractivity contribution is 6.31. The van der Waals surface area contributed by atoms with Gasteiger partial charge in [0.15, 0.2) is 0 Å². The van der Waals surface area contributed by atoms with Gasteiger partial charge in [0.1, 0.15) is 0 Å². The maximum absolute atomic E-state index is 12.2. The van der Waals surface area contributed by atoms with E-state index in [0.717, 1.165) is 5.69 Å². The van der Waals surface area contributed by atoms with E-state index >= 15 is 0 Å². The Kier molecular flexibility index (Phi) is 4.99. The Balaban J connectivity index is 2.93. The number of hydrogen-bond donors (Lipinski definition) is 2. The van der Waals surface area contributed by atoms with Crippen molar-refractivity contribution in [3.05, 3.63) is 28.8 Å². The van der Waals surface area contributed by atoms with Crippen molar-refractivity contribution < 1.29 is 9.53 Å². The molecule has 2 N–H and O–H groups in total. The monoisotopic (exact) mass is 270 g/mol. The van der Waals surface area contributed by atoms with Gasteiger partial charge in [-0.2, -0.15) is 0 Å². The number of amides is 1. The fourth-order valence-corrected chi connectivity index (χ4v) is 1.87. The molecule has 1 aromatic carbocycles. The van der Waals surface area contributed by atoms with E-state index < -0.39 is 5.54 Å². The van der Waals surface area contributed by atoms with Gasteiger partial charge in [-0.1, -0.05) is 11.6 Å². The van der Waals surface area contributed by atoms with Crippen molar-refractivity contribution in [1.82, 2.24) is 5.32 Å². The molecule has 0 aliphatic carbocycles. The molecule has 1 rings (SSSR count). The molecule has 0 bridgehead atoms. The summed E-state index contributed by atoms with van der Waals surface area (Å²) in [6.45, 7) is 4.24. The lowest BCUT2D eigenvalue weighted by molar-refractivity contribution is 0.0821. The zero-order chi connectivity index (χ0) is 13.8. The molecule has 18 heavy (non-hydrogen) atoms. The molecule has 0 radical (unpaired) electrons. The van der Waals surface area contributed by atoms with Gasteiger partial charge in [0.05, 0.1) is 17.7 Å². The van der Waals surface area contributed by atoms with E-state index in [1.54, 1.807) is 32.4 Å². The molecule has 0 aliphatic heterocycles. The molecule has 0 aromatic heterocycles. The Labute approximate surface area is 113 Å². The highest BCUT2D eigenvalue weighted by Crippen LogP contribution is 2.21. The summed E-state index contributed by atoms with van der Waals surface area (Å²) < 4.78 is 5.07. The third kappa shape index (κ3) is 3.89. The molecule has 0 saturated carbocycles. The molecule has 4 nitrogen and oxygen atoms in total. The molecule has 0 fully saturated rings. The average Bonchev–Trinajstić information content (AvgIpc) is 2.28. The Morgan fingerprint density at radius 3 is 2.67 bits per heavy atom. The number of halogens is 1. The lowest BCUT2D eigenvalue weighted by Gasteiger charge is -2.25. The van der Waals surface area contributed by atoms with E-state index in [1.165, 1.54) is 0 Å². The molecule has 100 valence electrons. The van der Waals surface area contributed by atoms with Crippen molar-refractivity contribution >= 4 is 23.2 Å². The van der Waals surface area contributed by atoms with Crippen molar-refractivity contribution in [3.8, 4) is 0 Å². The lowest BCUT2D eigenvalue weighted by Crippen LogP contribution is -2.46. The van der Waals surface area contributed by atoms with Gasteiger partial charge in [0.25, 0.3) is 5.91 Å². The fourth-order valence-electron chi connectivity index (χ4n) is 1.69. The molecule has 1 amide bonds. The van der Waals surface area contributed by atoms with Crippen LogP contribution in [0.25, 0.3) is 0 Å². The number of carbonyl (C=O) groups excluding carboxylic acids is 1. The predicted octanol–water partition coefficient (Wildman–Crippen LogP) is 2.54. The molecule has 0 heterocycles. The van der Waals surface area contributed by atoms with Gasteiger partial charge >= 0.3 is 0 Å². The van der Waals surface area contributed by atoms with Crippen LogP contribution in [-0.4, -0.2) is 32.2 Å². The van der Waals surface area contributed by atoms with Crippen LogP contribution in [0.4, 0.5) is 5.69 Å². The summed E-state index contributed by atoms with van der Waals surface area (Å²) in [7, 11) is 3.37. The van der Waals surface area contributed by atoms with Crippen molar-refractivity contribution in [3.63, 3.8) is 0 Å². The smallest absolute Gasteiger partial charge is 0.253 e. The molecule has 0 unspecified atom stereocenters. The van der Waals surface area contributed by atoms with E-state index in [-0.39, 0.29) is 5.91 Å². The van der Waals surface area contributed by atoms with Crippen molar-refractivity contribution in [2.45, 2.75) is 19.4 Å². The molecular formula is C13H19ClN2O2. The second-order valence-corrected chi connectivity index (χ2v) is 5.15. The number of hydrogen-bond acceptors (Lipinski definition) is 3. The SMILES string of the molecule is CNc1ccc(Cl)cc1C(=O)NC(C)(C)COC. The number of nitrogens with one attached hydrogen (secondary N) is 2. The Morgan fingerprint density at radius 2 is 2.11 bits per heavy atom. The second kappa shape index (κ2) is 6.07. The van der Waals surface area contributed by atoms with Crippen LogP contribution in [0.3, 0.4) is 0 Å². The van der Waals surface area contributed by atoms with E-state index in [9.17, 15) is 4.79 Å². The normalized spacial score (nSPS) is 11.2. The van der Waals surface area contributed by atoms with Crippen LogP contribution in [0.1, 0.15) is 24.2 Å². The number of carbonyl (C=O) groups is 1. The van der Waals surface area contributed by atoms with E-state index in [0.29, 0.717) is 17.2 Å². The van der Waals surface area contributed by atoms with Gasteiger partial charge in [0, 0.05) is 24.9 Å². The molecule has 0 atom stereocenters. The van der Waals surface area contributed by atoms with Gasteiger partial charge < -0.3 is 15.4 Å². The van der Waals surface area contributed by atoms with Crippen LogP contribution in [0.15, 0.2) is 18.2 Å². The highest BCUT2D eigenvalue weighted by Gasteiger charge is 2.22. The summed E-state index contributed by atoms with van der Waals surface area (Å²) in [4.78, 5) is 12.2. The van der Waals surface area contributed by atoms with Crippen LogP contribution in [0, 0.1) is 0 Å². The van der Waals surface area contributed by atoms with Gasteiger partial charge in [-0.15, -0.1) is 0 Å². The summed E-state index contributed by atoms with van der Waals surface area (Å²) in [5.74, 6) is -0.177. The minimum absolute atomic E-state index is 0.177. The molecule has 5 heteroatoms. The first kappa shape index (κ1) is 14.8.